The van der Waals surface area contributed by atoms with Gasteiger partial charge in [0.15, 0.2) is 0 Å². The summed E-state index contributed by atoms with van der Waals surface area (Å²) >= 11 is 0. The summed E-state index contributed by atoms with van der Waals surface area (Å²) in [6.45, 7) is 4.15. The van der Waals surface area contributed by atoms with E-state index in [1.807, 2.05) is 6.07 Å². The van der Waals surface area contributed by atoms with Crippen LogP contribution in [0, 0.1) is 11.8 Å². The Balaban J connectivity index is 1.59. The second kappa shape index (κ2) is 9.78. The molecule has 2 aliphatic heterocycles. The van der Waals surface area contributed by atoms with Gasteiger partial charge in [0, 0.05) is 24.2 Å². The zero-order valence-electron chi connectivity index (χ0n) is 21.0. The number of benzene rings is 2. The van der Waals surface area contributed by atoms with E-state index in [0.717, 1.165) is 54.7 Å². The van der Waals surface area contributed by atoms with Crippen molar-refractivity contribution in [1.29, 1.82) is 0 Å². The number of H-pyrrole nitrogens is 1. The number of hydrogen-bond donors (Lipinski definition) is 1. The minimum Gasteiger partial charge on any atom is -0.504 e. The van der Waals surface area contributed by atoms with Gasteiger partial charge in [-0.3, -0.25) is 4.90 Å². The average molecular weight is 475 g/mol. The lowest BCUT2D eigenvalue weighted by molar-refractivity contribution is -0.137. The molecule has 6 nitrogen and oxygen atoms in total. The second-order valence-electron chi connectivity index (χ2n) is 9.56. The van der Waals surface area contributed by atoms with E-state index in [9.17, 15) is 4.79 Å². The van der Waals surface area contributed by atoms with Crippen LogP contribution in [0.1, 0.15) is 37.1 Å². The molecule has 3 unspecified atom stereocenters. The van der Waals surface area contributed by atoms with E-state index < -0.39 is 0 Å². The molecule has 0 bridgehead atoms. The molecule has 6 heteroatoms. The highest BCUT2D eigenvalue weighted by Gasteiger charge is 2.42. The lowest BCUT2D eigenvalue weighted by atomic mass is 9.74. The molecule has 1 saturated heterocycles. The number of ether oxygens (including phenoxy) is 3. The van der Waals surface area contributed by atoms with Gasteiger partial charge in [-0.05, 0) is 53.5 Å². The maximum Gasteiger partial charge on any atom is 0.337 e. The number of nitrogens with one attached hydrogen (secondary N) is 1. The Morgan fingerprint density at radius 1 is 1.14 bits per heavy atom. The van der Waals surface area contributed by atoms with E-state index in [1.54, 1.807) is 20.5 Å². The van der Waals surface area contributed by atoms with Crippen molar-refractivity contribution in [2.75, 3.05) is 34.4 Å². The maximum atomic E-state index is 12.7. The van der Waals surface area contributed by atoms with Crippen LogP contribution in [0.25, 0.3) is 22.0 Å². The van der Waals surface area contributed by atoms with Gasteiger partial charge in [-0.2, -0.15) is 0 Å². The van der Waals surface area contributed by atoms with Gasteiger partial charge in [0.1, 0.15) is 5.75 Å². The minimum absolute atomic E-state index is 0.0767. The molecule has 1 aromatic heterocycles. The number of fused-ring (bicyclic) bond motifs is 5. The van der Waals surface area contributed by atoms with Crippen LogP contribution in [-0.2, 0) is 20.7 Å². The summed E-state index contributed by atoms with van der Waals surface area (Å²) in [5.74, 6) is 1.05. The Bertz CT molecular complexity index is 1250. The van der Waals surface area contributed by atoms with E-state index in [2.05, 4.69) is 53.2 Å². The fourth-order valence-electron chi connectivity index (χ4n) is 6.15. The molecule has 0 amide bonds. The normalized spacial score (nSPS) is 22.4. The third kappa shape index (κ3) is 4.10. The van der Waals surface area contributed by atoms with Crippen LogP contribution in [0.5, 0.6) is 5.75 Å². The molecule has 1 fully saturated rings. The average Bonchev–Trinajstić information content (AvgIpc) is 3.29. The first-order chi connectivity index (χ1) is 17.1. The van der Waals surface area contributed by atoms with E-state index in [1.165, 1.54) is 23.8 Å². The fourth-order valence-corrected chi connectivity index (χ4v) is 6.15. The second-order valence-corrected chi connectivity index (χ2v) is 9.56. The van der Waals surface area contributed by atoms with Crippen molar-refractivity contribution in [3.63, 3.8) is 0 Å². The van der Waals surface area contributed by atoms with Gasteiger partial charge in [0.2, 0.25) is 0 Å². The lowest BCUT2D eigenvalue weighted by Gasteiger charge is -2.46. The number of piperidine rings is 1. The van der Waals surface area contributed by atoms with Crippen LogP contribution < -0.4 is 4.74 Å². The maximum absolute atomic E-state index is 12.7. The number of hydrogen-bond acceptors (Lipinski definition) is 5. The monoisotopic (exact) mass is 474 g/mol. The van der Waals surface area contributed by atoms with Crippen molar-refractivity contribution >= 4 is 16.9 Å². The number of nitrogens with zero attached hydrogens (tertiary/aromatic N) is 1. The summed E-state index contributed by atoms with van der Waals surface area (Å²) < 4.78 is 16.3. The predicted octanol–water partition coefficient (Wildman–Crippen LogP) is 5.49. The van der Waals surface area contributed by atoms with Gasteiger partial charge in [-0.1, -0.05) is 43.7 Å². The summed E-state index contributed by atoms with van der Waals surface area (Å²) in [6, 6.07) is 15.0. The van der Waals surface area contributed by atoms with Crippen molar-refractivity contribution in [3.05, 3.63) is 65.6 Å². The first-order valence-corrected chi connectivity index (χ1v) is 12.4. The van der Waals surface area contributed by atoms with Crippen LogP contribution in [-0.4, -0.2) is 50.3 Å². The van der Waals surface area contributed by atoms with Gasteiger partial charge in [0.25, 0.3) is 0 Å². The van der Waals surface area contributed by atoms with Gasteiger partial charge in [-0.25, -0.2) is 4.79 Å². The number of carbonyl (C=O) groups is 1. The van der Waals surface area contributed by atoms with Gasteiger partial charge >= 0.3 is 5.97 Å². The number of methoxy groups -OCH3 is 3. The van der Waals surface area contributed by atoms with Crippen LogP contribution in [0.3, 0.4) is 0 Å². The fraction of sp³-hybridized carbons (Fsp3) is 0.414. The molecular weight excluding hydrogens is 440 g/mol. The Morgan fingerprint density at radius 2 is 1.94 bits per heavy atom. The SMILES string of the molecule is CCC1CN2CCc3c([nH]c4cc(-c5ccccc5)cc(OC)c34)C2CC1/C(=C\OC)C(=O)OC. The summed E-state index contributed by atoms with van der Waals surface area (Å²) in [6.07, 6.45) is 4.40. The van der Waals surface area contributed by atoms with Crippen LogP contribution >= 0.6 is 0 Å². The van der Waals surface area contributed by atoms with Crippen molar-refractivity contribution in [2.45, 2.75) is 32.2 Å². The molecule has 35 heavy (non-hydrogen) atoms. The third-order valence-electron chi connectivity index (χ3n) is 7.85. The molecule has 2 aromatic carbocycles. The van der Waals surface area contributed by atoms with E-state index in [0.29, 0.717) is 11.5 Å². The zero-order valence-corrected chi connectivity index (χ0v) is 21.0. The molecule has 3 atom stereocenters. The summed E-state index contributed by atoms with van der Waals surface area (Å²) in [4.78, 5) is 19.0. The summed E-state index contributed by atoms with van der Waals surface area (Å²) in [5.41, 5.74) is 6.61. The van der Waals surface area contributed by atoms with Crippen molar-refractivity contribution in [1.82, 2.24) is 9.88 Å². The Labute approximate surface area is 206 Å². The van der Waals surface area contributed by atoms with Gasteiger partial charge in [-0.15, -0.1) is 0 Å². The zero-order chi connectivity index (χ0) is 24.5. The minimum atomic E-state index is -0.300. The molecule has 0 aliphatic carbocycles. The smallest absolute Gasteiger partial charge is 0.337 e. The van der Waals surface area contributed by atoms with E-state index >= 15 is 0 Å². The molecule has 0 saturated carbocycles. The van der Waals surface area contributed by atoms with Gasteiger partial charge in [0.05, 0.1) is 44.7 Å². The molecular formula is C29H34N2O4. The molecule has 1 N–H and O–H groups in total. The number of carbonyl (C=O) groups excluding carboxylic acids is 1. The number of aromatic amines is 1. The van der Waals surface area contributed by atoms with Crippen LogP contribution in [0.2, 0.25) is 0 Å². The Kier molecular flexibility index (Phi) is 6.56. The highest BCUT2D eigenvalue weighted by Crippen LogP contribution is 2.47. The standard InChI is InChI=1S/C29H34N2O4/c1-5-18-16-31-12-11-21-27-24(13-20(14-26(27)34-3)19-9-7-6-8-10-19)30-28(21)25(31)15-22(18)23(17-33-2)29(32)35-4/h6-10,13-14,17-18,22,25,30H,5,11-12,15-16H2,1-4H3/b23-17+. The lowest BCUT2D eigenvalue weighted by Crippen LogP contribution is -2.47. The predicted molar refractivity (Wildman–Crippen MR) is 137 cm³/mol. The highest BCUT2D eigenvalue weighted by molar-refractivity contribution is 5.95. The topological polar surface area (TPSA) is 63.8 Å². The number of rotatable bonds is 6. The Hall–Kier alpha value is -3.25. The first-order valence-electron chi connectivity index (χ1n) is 12.4. The van der Waals surface area contributed by atoms with Gasteiger partial charge < -0.3 is 19.2 Å². The molecule has 0 spiro atoms. The number of aromatic nitrogens is 1. The molecule has 3 heterocycles. The van der Waals surface area contributed by atoms with Crippen molar-refractivity contribution < 1.29 is 19.0 Å². The summed E-state index contributed by atoms with van der Waals surface area (Å²) in [5, 5.41) is 1.18. The first kappa shape index (κ1) is 23.5. The van der Waals surface area contributed by atoms with E-state index in [4.69, 9.17) is 14.2 Å². The third-order valence-corrected chi connectivity index (χ3v) is 7.85. The number of esters is 1. The largest absolute Gasteiger partial charge is 0.504 e. The molecule has 0 radical (unpaired) electrons. The highest BCUT2D eigenvalue weighted by atomic mass is 16.5. The quantitative estimate of drug-likeness (QED) is 0.291. The van der Waals surface area contributed by atoms with E-state index in [-0.39, 0.29) is 17.9 Å². The van der Waals surface area contributed by atoms with Crippen LogP contribution in [0.15, 0.2) is 54.3 Å². The molecule has 3 aromatic rings. The molecule has 184 valence electrons. The van der Waals surface area contributed by atoms with Crippen molar-refractivity contribution in [3.8, 4) is 16.9 Å². The molecule has 2 aliphatic rings. The van der Waals surface area contributed by atoms with Crippen molar-refractivity contribution in [2.24, 2.45) is 11.8 Å². The Morgan fingerprint density at radius 3 is 2.63 bits per heavy atom. The molecule has 5 rings (SSSR count). The summed E-state index contributed by atoms with van der Waals surface area (Å²) in [7, 11) is 4.78. The van der Waals surface area contributed by atoms with Crippen LogP contribution in [0.4, 0.5) is 0 Å².